The van der Waals surface area contributed by atoms with Gasteiger partial charge in [0, 0.05) is 19.6 Å². The lowest BCUT2D eigenvalue weighted by Crippen LogP contribution is -2.41. The Balaban J connectivity index is 1.63. The average molecular weight is 475 g/mol. The third kappa shape index (κ3) is 6.19. The van der Waals surface area contributed by atoms with E-state index >= 15 is 0 Å². The number of benzene rings is 2. The molecule has 8 nitrogen and oxygen atoms in total. The quantitative estimate of drug-likeness (QED) is 0.590. The number of carbonyl (C=O) groups excluding carboxylic acids is 2. The first kappa shape index (κ1) is 24.9. The first-order chi connectivity index (χ1) is 15.7. The number of aryl methyl sites for hydroxylation is 1. The van der Waals surface area contributed by atoms with Crippen molar-refractivity contribution in [2.45, 2.75) is 37.7 Å². The van der Waals surface area contributed by atoms with Crippen molar-refractivity contribution in [1.29, 1.82) is 0 Å². The molecule has 1 saturated heterocycles. The van der Waals surface area contributed by atoms with E-state index in [9.17, 15) is 18.0 Å². The Hall–Kier alpha value is -2.75. The normalized spacial score (nSPS) is 16.6. The molecule has 1 aliphatic rings. The van der Waals surface area contributed by atoms with Crippen LogP contribution in [0.1, 0.15) is 41.3 Å². The van der Waals surface area contributed by atoms with Crippen LogP contribution in [0.4, 0.5) is 0 Å². The zero-order chi connectivity index (χ0) is 24.0. The van der Waals surface area contributed by atoms with E-state index in [0.29, 0.717) is 25.3 Å². The fourth-order valence-corrected chi connectivity index (χ4v) is 5.17. The van der Waals surface area contributed by atoms with Gasteiger partial charge in [-0.2, -0.15) is 4.31 Å². The summed E-state index contributed by atoms with van der Waals surface area (Å²) in [4.78, 5) is 25.1. The molecule has 2 aromatic carbocycles. The van der Waals surface area contributed by atoms with E-state index in [2.05, 4.69) is 5.32 Å². The van der Waals surface area contributed by atoms with Crippen LogP contribution >= 0.6 is 0 Å². The molecule has 1 aliphatic heterocycles. The fraction of sp³-hybridized carbons (Fsp3) is 0.417. The first-order valence-electron chi connectivity index (χ1n) is 10.9. The maximum Gasteiger partial charge on any atom is 0.338 e. The van der Waals surface area contributed by atoms with Crippen molar-refractivity contribution < 1.29 is 27.5 Å². The number of rotatable bonds is 8. The molecule has 0 radical (unpaired) electrons. The highest BCUT2D eigenvalue weighted by atomic mass is 32.2. The van der Waals surface area contributed by atoms with Crippen molar-refractivity contribution in [3.05, 3.63) is 65.2 Å². The summed E-state index contributed by atoms with van der Waals surface area (Å²) < 4.78 is 38.0. The van der Waals surface area contributed by atoms with Gasteiger partial charge in [-0.15, -0.1) is 0 Å². The molecule has 3 rings (SSSR count). The van der Waals surface area contributed by atoms with E-state index in [4.69, 9.17) is 9.47 Å². The zero-order valence-corrected chi connectivity index (χ0v) is 19.9. The smallest absolute Gasteiger partial charge is 0.338 e. The standard InChI is InChI=1S/C24H30N2O6S/c1-17-9-10-21(15-22(17)33(29,30)26-11-13-31-14-12-26)24(28)32-19(3)23(27)25-16-18(2)20-7-5-4-6-8-20/h4-10,15,18-19H,11-14,16H2,1-3H3,(H,25,27). The Bertz CT molecular complexity index is 1080. The summed E-state index contributed by atoms with van der Waals surface area (Å²) in [7, 11) is -3.77. The van der Waals surface area contributed by atoms with Crippen LogP contribution in [0.25, 0.3) is 0 Å². The maximum atomic E-state index is 13.0. The van der Waals surface area contributed by atoms with Crippen molar-refractivity contribution in [2.24, 2.45) is 0 Å². The van der Waals surface area contributed by atoms with Crippen LogP contribution in [-0.2, 0) is 24.3 Å². The van der Waals surface area contributed by atoms with Gasteiger partial charge in [-0.1, -0.05) is 43.3 Å². The SMILES string of the molecule is Cc1ccc(C(=O)OC(C)C(=O)NCC(C)c2ccccc2)cc1S(=O)(=O)N1CCOCC1. The van der Waals surface area contributed by atoms with Gasteiger partial charge in [-0.3, -0.25) is 4.79 Å². The summed E-state index contributed by atoms with van der Waals surface area (Å²) in [5, 5.41) is 2.79. The van der Waals surface area contributed by atoms with Gasteiger partial charge in [0.05, 0.1) is 23.7 Å². The Morgan fingerprint density at radius 2 is 1.76 bits per heavy atom. The number of hydrogen-bond acceptors (Lipinski definition) is 6. The van der Waals surface area contributed by atoms with Gasteiger partial charge in [0.1, 0.15) is 0 Å². The van der Waals surface area contributed by atoms with Crippen molar-refractivity contribution in [3.8, 4) is 0 Å². The number of carbonyl (C=O) groups is 2. The van der Waals surface area contributed by atoms with E-state index in [1.54, 1.807) is 13.0 Å². The van der Waals surface area contributed by atoms with Gasteiger partial charge >= 0.3 is 5.97 Å². The minimum absolute atomic E-state index is 0.0487. The summed E-state index contributed by atoms with van der Waals surface area (Å²) in [5.41, 5.74) is 1.69. The molecular formula is C24H30N2O6S. The van der Waals surface area contributed by atoms with Gasteiger partial charge in [0.15, 0.2) is 6.10 Å². The molecular weight excluding hydrogens is 444 g/mol. The molecule has 0 spiro atoms. The van der Waals surface area contributed by atoms with E-state index in [1.807, 2.05) is 37.3 Å². The molecule has 2 unspecified atom stereocenters. The molecule has 0 bridgehead atoms. The second kappa shape index (κ2) is 10.9. The van der Waals surface area contributed by atoms with Crippen LogP contribution in [0.3, 0.4) is 0 Å². The fourth-order valence-electron chi connectivity index (χ4n) is 3.51. The number of esters is 1. The highest BCUT2D eigenvalue weighted by Gasteiger charge is 2.29. The van der Waals surface area contributed by atoms with E-state index in [-0.39, 0.29) is 29.5 Å². The third-order valence-electron chi connectivity index (χ3n) is 5.62. The first-order valence-corrected chi connectivity index (χ1v) is 12.4. The minimum Gasteiger partial charge on any atom is -0.449 e. The number of nitrogens with one attached hydrogen (secondary N) is 1. The van der Waals surface area contributed by atoms with Gasteiger partial charge in [0.25, 0.3) is 5.91 Å². The zero-order valence-electron chi connectivity index (χ0n) is 19.1. The van der Waals surface area contributed by atoms with E-state index in [0.717, 1.165) is 5.56 Å². The molecule has 33 heavy (non-hydrogen) atoms. The van der Waals surface area contributed by atoms with Crippen LogP contribution in [0, 0.1) is 6.92 Å². The van der Waals surface area contributed by atoms with E-state index < -0.39 is 28.0 Å². The second-order valence-corrected chi connectivity index (χ2v) is 10.0. The van der Waals surface area contributed by atoms with Gasteiger partial charge < -0.3 is 14.8 Å². The molecule has 178 valence electrons. The molecule has 2 aromatic rings. The number of hydrogen-bond donors (Lipinski definition) is 1. The Kier molecular flexibility index (Phi) is 8.23. The summed E-state index contributed by atoms with van der Waals surface area (Å²) in [6, 6.07) is 14.2. The predicted molar refractivity (Wildman–Crippen MR) is 124 cm³/mol. The summed E-state index contributed by atoms with van der Waals surface area (Å²) in [6.45, 7) is 6.73. The van der Waals surface area contributed by atoms with E-state index in [1.165, 1.54) is 23.4 Å². The van der Waals surface area contributed by atoms with Crippen LogP contribution < -0.4 is 5.32 Å². The van der Waals surface area contributed by atoms with Gasteiger partial charge in [-0.25, -0.2) is 13.2 Å². The molecule has 9 heteroatoms. The second-order valence-electron chi connectivity index (χ2n) is 8.10. The topological polar surface area (TPSA) is 102 Å². The molecule has 1 heterocycles. The van der Waals surface area contributed by atoms with Crippen LogP contribution in [0.2, 0.25) is 0 Å². The monoisotopic (exact) mass is 474 g/mol. The number of nitrogens with zero attached hydrogens (tertiary/aromatic N) is 1. The minimum atomic E-state index is -3.77. The molecule has 1 fully saturated rings. The number of amides is 1. The molecule has 1 amide bonds. The lowest BCUT2D eigenvalue weighted by Gasteiger charge is -2.26. The summed E-state index contributed by atoms with van der Waals surface area (Å²) in [6.07, 6.45) is -1.03. The van der Waals surface area contributed by atoms with Crippen LogP contribution in [-0.4, -0.2) is 63.6 Å². The van der Waals surface area contributed by atoms with Crippen molar-refractivity contribution in [1.82, 2.24) is 9.62 Å². The molecule has 0 saturated carbocycles. The largest absolute Gasteiger partial charge is 0.449 e. The van der Waals surface area contributed by atoms with Gasteiger partial charge in [-0.05, 0) is 43.0 Å². The van der Waals surface area contributed by atoms with Crippen molar-refractivity contribution in [3.63, 3.8) is 0 Å². The molecule has 0 aromatic heterocycles. The summed E-state index contributed by atoms with van der Waals surface area (Å²) in [5.74, 6) is -1.07. The Morgan fingerprint density at radius 3 is 2.42 bits per heavy atom. The third-order valence-corrected chi connectivity index (χ3v) is 7.66. The number of morpholine rings is 1. The Morgan fingerprint density at radius 1 is 1.09 bits per heavy atom. The highest BCUT2D eigenvalue weighted by Crippen LogP contribution is 2.23. The number of ether oxygens (including phenoxy) is 2. The predicted octanol–water partition coefficient (Wildman–Crippen LogP) is 2.48. The lowest BCUT2D eigenvalue weighted by molar-refractivity contribution is -0.129. The molecule has 1 N–H and O–H groups in total. The van der Waals surface area contributed by atoms with Crippen LogP contribution in [0.15, 0.2) is 53.4 Å². The number of sulfonamides is 1. The highest BCUT2D eigenvalue weighted by molar-refractivity contribution is 7.89. The Labute approximate surface area is 194 Å². The molecule has 0 aliphatic carbocycles. The lowest BCUT2D eigenvalue weighted by atomic mass is 10.0. The van der Waals surface area contributed by atoms with Crippen LogP contribution in [0.5, 0.6) is 0 Å². The summed E-state index contributed by atoms with van der Waals surface area (Å²) >= 11 is 0. The van der Waals surface area contributed by atoms with Gasteiger partial charge in [0.2, 0.25) is 10.0 Å². The molecule has 2 atom stereocenters. The maximum absolute atomic E-state index is 13.0. The van der Waals surface area contributed by atoms with Crippen molar-refractivity contribution in [2.75, 3.05) is 32.8 Å². The average Bonchev–Trinajstić information content (AvgIpc) is 2.83. The van der Waals surface area contributed by atoms with Crippen molar-refractivity contribution >= 4 is 21.9 Å².